The molecule has 92 valence electrons. The summed E-state index contributed by atoms with van der Waals surface area (Å²) in [7, 11) is 1.87. The predicted octanol–water partition coefficient (Wildman–Crippen LogP) is 0.740. The fourth-order valence-corrected chi connectivity index (χ4v) is 1.29. The number of nitriles is 1. The van der Waals surface area contributed by atoms with E-state index >= 15 is 0 Å². The van der Waals surface area contributed by atoms with Crippen molar-refractivity contribution in [1.29, 1.82) is 5.26 Å². The zero-order chi connectivity index (χ0) is 12.4. The molecule has 5 heteroatoms. The van der Waals surface area contributed by atoms with Gasteiger partial charge in [-0.2, -0.15) is 5.26 Å². The average Bonchev–Trinajstić information content (AvgIpc) is 2.22. The van der Waals surface area contributed by atoms with Crippen molar-refractivity contribution in [3.05, 3.63) is 0 Å². The Kier molecular flexibility index (Phi) is 8.26. The van der Waals surface area contributed by atoms with E-state index in [4.69, 9.17) is 11.0 Å². The maximum atomic E-state index is 8.60. The normalized spacial score (nSPS) is 11.4. The minimum Gasteiger partial charge on any atom is -0.344 e. The van der Waals surface area contributed by atoms with Gasteiger partial charge in [0.2, 0.25) is 5.96 Å². The molecule has 0 aromatic rings. The van der Waals surface area contributed by atoms with Crippen molar-refractivity contribution in [2.24, 2.45) is 16.6 Å². The van der Waals surface area contributed by atoms with Gasteiger partial charge in [0.1, 0.15) is 0 Å². The van der Waals surface area contributed by atoms with Gasteiger partial charge in [0.05, 0.1) is 0 Å². The van der Waals surface area contributed by atoms with Crippen molar-refractivity contribution in [2.75, 3.05) is 26.7 Å². The first kappa shape index (κ1) is 14.7. The summed E-state index contributed by atoms with van der Waals surface area (Å²) in [6.07, 6.45) is 4.10. The van der Waals surface area contributed by atoms with Crippen molar-refractivity contribution < 1.29 is 0 Å². The molecule has 0 radical (unpaired) electrons. The van der Waals surface area contributed by atoms with Crippen molar-refractivity contribution in [3.8, 4) is 6.19 Å². The Morgan fingerprint density at radius 3 is 2.75 bits per heavy atom. The zero-order valence-electron chi connectivity index (χ0n) is 10.5. The lowest BCUT2D eigenvalue weighted by Crippen LogP contribution is -2.39. The van der Waals surface area contributed by atoms with Crippen LogP contribution >= 0.6 is 0 Å². The van der Waals surface area contributed by atoms with Gasteiger partial charge in [0.15, 0.2) is 6.19 Å². The number of nitrogens with one attached hydrogen (secondary N) is 1. The molecular formula is C11H23N5. The average molecular weight is 225 g/mol. The van der Waals surface area contributed by atoms with Gasteiger partial charge in [-0.05, 0) is 18.8 Å². The molecule has 0 heterocycles. The van der Waals surface area contributed by atoms with E-state index in [2.05, 4.69) is 24.2 Å². The van der Waals surface area contributed by atoms with E-state index < -0.39 is 0 Å². The van der Waals surface area contributed by atoms with Gasteiger partial charge in [0.25, 0.3) is 0 Å². The highest BCUT2D eigenvalue weighted by Gasteiger charge is 2.03. The number of hydrogen-bond acceptors (Lipinski definition) is 3. The SMILES string of the molecule is CC(C)CCCN=C(NC#N)N(C)CCN. The van der Waals surface area contributed by atoms with Gasteiger partial charge in [-0.15, -0.1) is 0 Å². The fourth-order valence-electron chi connectivity index (χ4n) is 1.29. The standard InChI is InChI=1S/C11H23N5/c1-10(2)5-4-7-14-11(15-9-13)16(3)8-6-12/h10H,4-8,12H2,1-3H3,(H,14,15). The van der Waals surface area contributed by atoms with Gasteiger partial charge in [0, 0.05) is 26.7 Å². The van der Waals surface area contributed by atoms with Crippen molar-refractivity contribution in [2.45, 2.75) is 26.7 Å². The third-order valence-corrected chi connectivity index (χ3v) is 2.19. The third kappa shape index (κ3) is 7.07. The summed E-state index contributed by atoms with van der Waals surface area (Å²) in [6.45, 7) is 6.38. The second-order valence-corrected chi connectivity index (χ2v) is 4.19. The van der Waals surface area contributed by atoms with Gasteiger partial charge in [-0.3, -0.25) is 10.3 Å². The molecule has 0 amide bonds. The summed E-state index contributed by atoms with van der Waals surface area (Å²) in [6, 6.07) is 0. The van der Waals surface area contributed by atoms with Crippen molar-refractivity contribution >= 4 is 5.96 Å². The minimum absolute atomic E-state index is 0.550. The smallest absolute Gasteiger partial charge is 0.207 e. The molecule has 0 rings (SSSR count). The third-order valence-electron chi connectivity index (χ3n) is 2.19. The lowest BCUT2D eigenvalue weighted by Gasteiger charge is -2.18. The number of guanidine groups is 1. The first-order valence-electron chi connectivity index (χ1n) is 5.72. The zero-order valence-corrected chi connectivity index (χ0v) is 10.5. The molecular weight excluding hydrogens is 202 g/mol. The Bertz CT molecular complexity index is 241. The van der Waals surface area contributed by atoms with E-state index in [9.17, 15) is 0 Å². The van der Waals surface area contributed by atoms with Crippen LogP contribution in [0.3, 0.4) is 0 Å². The summed E-state index contributed by atoms with van der Waals surface area (Å²) < 4.78 is 0. The van der Waals surface area contributed by atoms with Gasteiger partial charge in [-0.1, -0.05) is 13.8 Å². The molecule has 0 saturated heterocycles. The second kappa shape index (κ2) is 8.98. The fraction of sp³-hybridized carbons (Fsp3) is 0.818. The van der Waals surface area contributed by atoms with Crippen LogP contribution in [-0.4, -0.2) is 37.5 Å². The lowest BCUT2D eigenvalue weighted by atomic mass is 10.1. The summed E-state index contributed by atoms with van der Waals surface area (Å²) in [5, 5.41) is 11.2. The summed E-state index contributed by atoms with van der Waals surface area (Å²) in [5.41, 5.74) is 5.45. The topological polar surface area (TPSA) is 77.4 Å². The first-order chi connectivity index (χ1) is 7.61. The Hall–Kier alpha value is -1.28. The number of aliphatic imine (C=N–C) groups is 1. The summed E-state index contributed by atoms with van der Waals surface area (Å²) >= 11 is 0. The molecule has 0 spiro atoms. The van der Waals surface area contributed by atoms with E-state index in [0.29, 0.717) is 25.0 Å². The van der Waals surface area contributed by atoms with Crippen LogP contribution < -0.4 is 11.1 Å². The van der Waals surface area contributed by atoms with Crippen LogP contribution in [0, 0.1) is 17.4 Å². The summed E-state index contributed by atoms with van der Waals surface area (Å²) in [5.74, 6) is 1.31. The molecule has 0 aliphatic carbocycles. The van der Waals surface area contributed by atoms with Gasteiger partial charge < -0.3 is 10.6 Å². The molecule has 16 heavy (non-hydrogen) atoms. The Morgan fingerprint density at radius 1 is 1.56 bits per heavy atom. The molecule has 0 aliphatic rings. The Morgan fingerprint density at radius 2 is 2.25 bits per heavy atom. The quantitative estimate of drug-likeness (QED) is 0.230. The van der Waals surface area contributed by atoms with E-state index in [1.165, 1.54) is 0 Å². The number of likely N-dealkylation sites (N-methyl/N-ethyl adjacent to an activating group) is 1. The number of rotatable bonds is 6. The molecule has 5 nitrogen and oxygen atoms in total. The van der Waals surface area contributed by atoms with Gasteiger partial charge in [-0.25, -0.2) is 0 Å². The largest absolute Gasteiger partial charge is 0.344 e. The van der Waals surface area contributed by atoms with Gasteiger partial charge >= 0.3 is 0 Å². The van der Waals surface area contributed by atoms with Crippen LogP contribution in [0.25, 0.3) is 0 Å². The van der Waals surface area contributed by atoms with Crippen molar-refractivity contribution in [3.63, 3.8) is 0 Å². The Balaban J connectivity index is 4.08. The first-order valence-corrected chi connectivity index (χ1v) is 5.72. The second-order valence-electron chi connectivity index (χ2n) is 4.19. The number of nitrogens with zero attached hydrogens (tertiary/aromatic N) is 3. The van der Waals surface area contributed by atoms with Crippen LogP contribution in [0.5, 0.6) is 0 Å². The molecule has 0 atom stereocenters. The van der Waals surface area contributed by atoms with Crippen LogP contribution in [-0.2, 0) is 0 Å². The minimum atomic E-state index is 0.550. The van der Waals surface area contributed by atoms with Crippen LogP contribution in [0.4, 0.5) is 0 Å². The molecule has 0 bridgehead atoms. The highest BCUT2D eigenvalue weighted by Crippen LogP contribution is 2.03. The molecule has 0 aliphatic heterocycles. The highest BCUT2D eigenvalue weighted by atomic mass is 15.3. The maximum Gasteiger partial charge on any atom is 0.207 e. The monoisotopic (exact) mass is 225 g/mol. The molecule has 0 unspecified atom stereocenters. The van der Waals surface area contributed by atoms with Crippen molar-refractivity contribution in [1.82, 2.24) is 10.2 Å². The van der Waals surface area contributed by atoms with E-state index in [0.717, 1.165) is 19.4 Å². The maximum absolute atomic E-state index is 8.60. The Labute approximate surface area is 98.3 Å². The molecule has 0 saturated carbocycles. The predicted molar refractivity (Wildman–Crippen MR) is 66.8 cm³/mol. The highest BCUT2D eigenvalue weighted by molar-refractivity contribution is 5.81. The molecule has 0 aromatic heterocycles. The summed E-state index contributed by atoms with van der Waals surface area (Å²) in [4.78, 5) is 6.22. The molecule has 0 aromatic carbocycles. The molecule has 0 fully saturated rings. The number of nitrogens with two attached hydrogens (primary N) is 1. The van der Waals surface area contributed by atoms with E-state index in [1.54, 1.807) is 0 Å². The van der Waals surface area contributed by atoms with E-state index in [-0.39, 0.29) is 0 Å². The van der Waals surface area contributed by atoms with Crippen LogP contribution in [0.15, 0.2) is 4.99 Å². The van der Waals surface area contributed by atoms with E-state index in [1.807, 2.05) is 18.1 Å². The number of hydrogen-bond donors (Lipinski definition) is 2. The van der Waals surface area contributed by atoms with Crippen LogP contribution in [0.2, 0.25) is 0 Å². The van der Waals surface area contributed by atoms with Crippen LogP contribution in [0.1, 0.15) is 26.7 Å². The lowest BCUT2D eigenvalue weighted by molar-refractivity contribution is 0.496. The molecule has 3 N–H and O–H groups in total.